The normalized spacial score (nSPS) is 12.6. The molecule has 0 aromatic heterocycles. The number of hydrogen-bond donors (Lipinski definition) is 0. The zero-order valence-corrected chi connectivity index (χ0v) is 19.9. The molecule has 3 rings (SSSR count). The van der Waals surface area contributed by atoms with Crippen molar-refractivity contribution in [3.63, 3.8) is 0 Å². The quantitative estimate of drug-likeness (QED) is 0.246. The van der Waals surface area contributed by atoms with Crippen molar-refractivity contribution in [1.29, 1.82) is 0 Å². The van der Waals surface area contributed by atoms with Crippen LogP contribution in [0.25, 0.3) is 17.2 Å². The number of benzene rings is 3. The summed E-state index contributed by atoms with van der Waals surface area (Å²) in [6.45, 7) is 7.06. The maximum absolute atomic E-state index is 15.0. The van der Waals surface area contributed by atoms with Crippen LogP contribution in [-0.2, 0) is 14.3 Å². The molecule has 1 atom stereocenters. The van der Waals surface area contributed by atoms with Gasteiger partial charge in [-0.05, 0) is 50.3 Å². The molecule has 172 valence electrons. The van der Waals surface area contributed by atoms with Crippen molar-refractivity contribution in [3.8, 4) is 16.9 Å². The molecule has 0 aliphatic carbocycles. The third-order valence-electron chi connectivity index (χ3n) is 4.86. The van der Waals surface area contributed by atoms with Crippen LogP contribution in [0.4, 0.5) is 4.39 Å². The van der Waals surface area contributed by atoms with Crippen LogP contribution in [0.15, 0.2) is 84.3 Å². The third kappa shape index (κ3) is 5.90. The Balaban J connectivity index is 1.95. The van der Waals surface area contributed by atoms with E-state index in [-0.39, 0.29) is 22.8 Å². The molecule has 0 aliphatic heterocycles. The largest absolute Gasteiger partial charge is 0.483 e. The van der Waals surface area contributed by atoms with Crippen LogP contribution in [0.2, 0.25) is 5.02 Å². The molecule has 0 aliphatic rings. The highest BCUT2D eigenvalue weighted by molar-refractivity contribution is 7.86. The first-order chi connectivity index (χ1) is 15.8. The molecule has 7 heteroatoms. The Kier molecular flexibility index (Phi) is 8.08. The zero-order chi connectivity index (χ0) is 24.0. The molecule has 0 amide bonds. The second kappa shape index (κ2) is 10.8. The van der Waals surface area contributed by atoms with E-state index >= 15 is 4.39 Å². The molecular formula is C26H24ClFO4S. The number of allylic oxidation sites excluding steroid dienone is 1. The van der Waals surface area contributed by atoms with Gasteiger partial charge in [-0.3, -0.25) is 4.18 Å². The minimum absolute atomic E-state index is 0.0352. The van der Waals surface area contributed by atoms with E-state index in [9.17, 15) is 8.42 Å². The molecule has 4 nitrogen and oxygen atoms in total. The number of halogens is 2. The Morgan fingerprint density at radius 3 is 2.42 bits per heavy atom. The third-order valence-corrected chi connectivity index (χ3v) is 6.48. The summed E-state index contributed by atoms with van der Waals surface area (Å²) in [5.74, 6) is -0.315. The SMILES string of the molecule is C=CC(COS(=O)(=O)c1ccc(C)cc1)Oc1c(C=CC)ccc(F)c1-c1ccccc1Cl. The topological polar surface area (TPSA) is 52.6 Å². The summed E-state index contributed by atoms with van der Waals surface area (Å²) in [6, 6.07) is 16.1. The molecule has 0 bridgehead atoms. The van der Waals surface area contributed by atoms with E-state index in [1.807, 2.05) is 13.8 Å². The lowest BCUT2D eigenvalue weighted by Crippen LogP contribution is -2.23. The summed E-state index contributed by atoms with van der Waals surface area (Å²) in [5.41, 5.74) is 2.15. The number of aryl methyl sites for hydroxylation is 1. The lowest BCUT2D eigenvalue weighted by molar-refractivity contribution is 0.168. The summed E-state index contributed by atoms with van der Waals surface area (Å²) in [7, 11) is -4.01. The molecule has 33 heavy (non-hydrogen) atoms. The van der Waals surface area contributed by atoms with E-state index in [1.165, 1.54) is 24.3 Å². The summed E-state index contributed by atoms with van der Waals surface area (Å²) < 4.78 is 51.4. The molecule has 3 aromatic rings. The number of hydrogen-bond acceptors (Lipinski definition) is 4. The van der Waals surface area contributed by atoms with Gasteiger partial charge < -0.3 is 4.74 Å². The highest BCUT2D eigenvalue weighted by Crippen LogP contribution is 2.40. The monoisotopic (exact) mass is 486 g/mol. The van der Waals surface area contributed by atoms with Crippen molar-refractivity contribution in [3.05, 3.63) is 101 Å². The standard InChI is InChI=1S/C26H24ClFO4S/c1-4-8-19-13-16-24(28)25(22-9-6-7-10-23(22)27)26(19)32-20(5-2)17-31-33(29,30)21-14-11-18(3)12-15-21/h4-16,20H,2,17H2,1,3H3. The molecule has 0 saturated heterocycles. The number of rotatable bonds is 9. The fourth-order valence-corrected chi connectivity index (χ4v) is 4.31. The Morgan fingerprint density at radius 2 is 1.79 bits per heavy atom. The van der Waals surface area contributed by atoms with E-state index in [0.717, 1.165) is 5.56 Å². The van der Waals surface area contributed by atoms with Gasteiger partial charge in [0.2, 0.25) is 0 Å². The van der Waals surface area contributed by atoms with Crippen molar-refractivity contribution in [1.82, 2.24) is 0 Å². The van der Waals surface area contributed by atoms with Gasteiger partial charge in [-0.2, -0.15) is 8.42 Å². The molecule has 0 spiro atoms. The second-order valence-electron chi connectivity index (χ2n) is 7.26. The molecule has 0 radical (unpaired) electrons. The predicted molar refractivity (Wildman–Crippen MR) is 130 cm³/mol. The molecule has 0 saturated carbocycles. The Bertz CT molecular complexity index is 1270. The van der Waals surface area contributed by atoms with Crippen LogP contribution < -0.4 is 4.74 Å². The first kappa shape index (κ1) is 24.7. The Labute approximate surface area is 199 Å². The molecule has 0 fully saturated rings. The first-order valence-corrected chi connectivity index (χ1v) is 12.0. The van der Waals surface area contributed by atoms with E-state index in [2.05, 4.69) is 6.58 Å². The van der Waals surface area contributed by atoms with Gasteiger partial charge in [-0.25, -0.2) is 4.39 Å². The van der Waals surface area contributed by atoms with Crippen LogP contribution in [0, 0.1) is 12.7 Å². The molecule has 1 unspecified atom stereocenters. The van der Waals surface area contributed by atoms with Crippen LogP contribution in [0.3, 0.4) is 0 Å². The highest BCUT2D eigenvalue weighted by atomic mass is 35.5. The smallest absolute Gasteiger partial charge is 0.297 e. The van der Waals surface area contributed by atoms with E-state index in [4.69, 9.17) is 20.5 Å². The second-order valence-corrected chi connectivity index (χ2v) is 9.29. The van der Waals surface area contributed by atoms with Crippen molar-refractivity contribution < 1.29 is 21.7 Å². The summed E-state index contributed by atoms with van der Waals surface area (Å²) in [4.78, 5) is 0.0352. The fourth-order valence-electron chi connectivity index (χ4n) is 3.16. The predicted octanol–water partition coefficient (Wildman–Crippen LogP) is 6.83. The van der Waals surface area contributed by atoms with E-state index < -0.39 is 22.0 Å². The van der Waals surface area contributed by atoms with E-state index in [1.54, 1.807) is 54.6 Å². The number of ether oxygens (including phenoxy) is 1. The maximum atomic E-state index is 15.0. The highest BCUT2D eigenvalue weighted by Gasteiger charge is 2.23. The zero-order valence-electron chi connectivity index (χ0n) is 18.3. The van der Waals surface area contributed by atoms with Crippen molar-refractivity contribution in [2.24, 2.45) is 0 Å². The van der Waals surface area contributed by atoms with Crippen LogP contribution in [0.1, 0.15) is 18.1 Å². The van der Waals surface area contributed by atoms with Gasteiger partial charge in [0.1, 0.15) is 24.3 Å². The van der Waals surface area contributed by atoms with E-state index in [0.29, 0.717) is 16.1 Å². The average molecular weight is 487 g/mol. The minimum atomic E-state index is -4.01. The minimum Gasteiger partial charge on any atom is -0.483 e. The maximum Gasteiger partial charge on any atom is 0.297 e. The Morgan fingerprint density at radius 1 is 1.09 bits per heavy atom. The van der Waals surface area contributed by atoms with Crippen molar-refractivity contribution in [2.45, 2.75) is 24.8 Å². The van der Waals surface area contributed by atoms with Gasteiger partial charge in [0.25, 0.3) is 10.1 Å². The van der Waals surface area contributed by atoms with Crippen molar-refractivity contribution in [2.75, 3.05) is 6.61 Å². The van der Waals surface area contributed by atoms with Gasteiger partial charge in [0, 0.05) is 16.1 Å². The summed E-state index contributed by atoms with van der Waals surface area (Å²) >= 11 is 6.34. The molecular weight excluding hydrogens is 463 g/mol. The van der Waals surface area contributed by atoms with Gasteiger partial charge in [-0.15, -0.1) is 0 Å². The van der Waals surface area contributed by atoms with Gasteiger partial charge in [0.05, 0.1) is 10.5 Å². The molecule has 0 heterocycles. The first-order valence-electron chi connectivity index (χ1n) is 10.2. The Hall–Kier alpha value is -2.93. The van der Waals surface area contributed by atoms with Crippen LogP contribution in [-0.4, -0.2) is 21.1 Å². The van der Waals surface area contributed by atoms with Gasteiger partial charge >= 0.3 is 0 Å². The van der Waals surface area contributed by atoms with Crippen molar-refractivity contribution >= 4 is 27.8 Å². The summed E-state index contributed by atoms with van der Waals surface area (Å²) in [6.07, 6.45) is 4.08. The summed E-state index contributed by atoms with van der Waals surface area (Å²) in [5, 5.41) is 0.354. The van der Waals surface area contributed by atoms with Crippen LogP contribution in [0.5, 0.6) is 5.75 Å². The average Bonchev–Trinajstić information content (AvgIpc) is 2.79. The molecule has 0 N–H and O–H groups in total. The van der Waals surface area contributed by atoms with Gasteiger partial charge in [-0.1, -0.05) is 66.2 Å². The van der Waals surface area contributed by atoms with Crippen LogP contribution >= 0.6 is 11.6 Å². The molecule has 3 aromatic carbocycles. The fraction of sp³-hybridized carbons (Fsp3) is 0.154. The van der Waals surface area contributed by atoms with Gasteiger partial charge in [0.15, 0.2) is 0 Å². The lowest BCUT2D eigenvalue weighted by Gasteiger charge is -2.21. The lowest BCUT2D eigenvalue weighted by atomic mass is 10.00.